The van der Waals surface area contributed by atoms with Gasteiger partial charge in [0.25, 0.3) is 0 Å². The third-order valence-corrected chi connectivity index (χ3v) is 4.26. The average molecular weight is 237 g/mol. The first-order chi connectivity index (χ1) is 7.44. The smallest absolute Gasteiger partial charge is 0.00723 e. The minimum absolute atomic E-state index is 0.224. The van der Waals surface area contributed by atoms with Gasteiger partial charge in [-0.1, -0.05) is 39.8 Å². The molecule has 0 spiro atoms. The van der Waals surface area contributed by atoms with E-state index in [9.17, 15) is 0 Å². The molecule has 0 bridgehead atoms. The van der Waals surface area contributed by atoms with Gasteiger partial charge in [-0.15, -0.1) is 11.8 Å². The molecule has 2 heteroatoms. The summed E-state index contributed by atoms with van der Waals surface area (Å²) in [5.74, 6) is 1.68. The largest absolute Gasteiger partial charge is 0.330 e. The molecule has 1 aromatic rings. The Hall–Kier alpha value is -0.470. The second-order valence-corrected chi connectivity index (χ2v) is 6.43. The van der Waals surface area contributed by atoms with Crippen LogP contribution < -0.4 is 5.73 Å². The van der Waals surface area contributed by atoms with Crippen LogP contribution in [0.25, 0.3) is 0 Å². The van der Waals surface area contributed by atoms with Gasteiger partial charge in [0.05, 0.1) is 0 Å². The second-order valence-electron chi connectivity index (χ2n) is 5.38. The first-order valence-electron chi connectivity index (χ1n) is 5.87. The Balaban J connectivity index is 2.56. The summed E-state index contributed by atoms with van der Waals surface area (Å²) in [7, 11) is 0. The minimum atomic E-state index is 0.224. The fourth-order valence-corrected chi connectivity index (χ4v) is 2.29. The highest BCUT2D eigenvalue weighted by Crippen LogP contribution is 2.27. The van der Waals surface area contributed by atoms with Gasteiger partial charge in [0.2, 0.25) is 0 Å². The van der Waals surface area contributed by atoms with Gasteiger partial charge < -0.3 is 5.73 Å². The molecule has 1 rings (SSSR count). The number of nitrogens with two attached hydrogens (primary N) is 1. The van der Waals surface area contributed by atoms with Crippen LogP contribution in [-0.4, -0.2) is 12.3 Å². The van der Waals surface area contributed by atoms with Crippen molar-refractivity contribution in [3.05, 3.63) is 29.8 Å². The lowest BCUT2D eigenvalue weighted by atomic mass is 9.97. The molecule has 0 aliphatic heterocycles. The average Bonchev–Trinajstić information content (AvgIpc) is 2.27. The van der Waals surface area contributed by atoms with Gasteiger partial charge in [-0.25, -0.2) is 0 Å². The summed E-state index contributed by atoms with van der Waals surface area (Å²) in [4.78, 5) is 1.34. The van der Waals surface area contributed by atoms with E-state index in [1.54, 1.807) is 0 Å². The molecule has 0 aliphatic carbocycles. The van der Waals surface area contributed by atoms with Crippen LogP contribution in [0.4, 0.5) is 0 Å². The summed E-state index contributed by atoms with van der Waals surface area (Å²) < 4.78 is 0. The van der Waals surface area contributed by atoms with Crippen LogP contribution >= 0.6 is 11.8 Å². The molecule has 1 aromatic carbocycles. The molecule has 0 atom stereocenters. The Labute approximate surface area is 104 Å². The Morgan fingerprint density at radius 1 is 1.19 bits per heavy atom. The molecule has 90 valence electrons. The Morgan fingerprint density at radius 2 is 1.75 bits per heavy atom. The summed E-state index contributed by atoms with van der Waals surface area (Å²) >= 11 is 1.89. The maximum atomic E-state index is 5.72. The molecule has 0 fully saturated rings. The van der Waals surface area contributed by atoms with Crippen molar-refractivity contribution in [3.63, 3.8) is 0 Å². The number of hydrogen-bond acceptors (Lipinski definition) is 2. The van der Waals surface area contributed by atoms with Crippen LogP contribution in [0.5, 0.6) is 0 Å². The van der Waals surface area contributed by atoms with Crippen LogP contribution in [0, 0.1) is 5.41 Å². The van der Waals surface area contributed by atoms with E-state index < -0.39 is 0 Å². The van der Waals surface area contributed by atoms with E-state index in [1.807, 2.05) is 11.8 Å². The van der Waals surface area contributed by atoms with Crippen molar-refractivity contribution in [2.24, 2.45) is 11.1 Å². The molecule has 0 saturated carbocycles. The van der Waals surface area contributed by atoms with Gasteiger partial charge in [-0.3, -0.25) is 0 Å². The van der Waals surface area contributed by atoms with Gasteiger partial charge in [-0.05, 0) is 35.6 Å². The summed E-state index contributed by atoms with van der Waals surface area (Å²) in [5.41, 5.74) is 7.35. The van der Waals surface area contributed by atoms with Crippen molar-refractivity contribution < 1.29 is 0 Å². The van der Waals surface area contributed by atoms with E-state index in [0.717, 1.165) is 12.3 Å². The minimum Gasteiger partial charge on any atom is -0.330 e. The van der Waals surface area contributed by atoms with Gasteiger partial charge in [0.15, 0.2) is 0 Å². The van der Waals surface area contributed by atoms with Gasteiger partial charge >= 0.3 is 0 Å². The van der Waals surface area contributed by atoms with Gasteiger partial charge in [0.1, 0.15) is 0 Å². The molecule has 0 unspecified atom stereocenters. The molecule has 0 aliphatic rings. The summed E-state index contributed by atoms with van der Waals surface area (Å²) in [6.45, 7) is 9.61. The van der Waals surface area contributed by atoms with E-state index in [4.69, 9.17) is 5.73 Å². The fourth-order valence-electron chi connectivity index (χ4n) is 1.29. The summed E-state index contributed by atoms with van der Waals surface area (Å²) in [6.07, 6.45) is 0. The zero-order chi connectivity index (χ0) is 12.2. The van der Waals surface area contributed by atoms with Crippen molar-refractivity contribution in [3.8, 4) is 0 Å². The monoisotopic (exact) mass is 237 g/mol. The Bertz CT molecular complexity index is 314. The third kappa shape index (κ3) is 4.18. The molecule has 1 nitrogen and oxygen atoms in total. The van der Waals surface area contributed by atoms with Crippen molar-refractivity contribution in [1.29, 1.82) is 0 Å². The molecule has 0 aromatic heterocycles. The molecule has 16 heavy (non-hydrogen) atoms. The predicted molar refractivity (Wildman–Crippen MR) is 74.1 cm³/mol. The van der Waals surface area contributed by atoms with E-state index in [2.05, 4.69) is 52.0 Å². The Morgan fingerprint density at radius 3 is 2.19 bits per heavy atom. The fraction of sp³-hybridized carbons (Fsp3) is 0.571. The van der Waals surface area contributed by atoms with Gasteiger partial charge in [0, 0.05) is 10.6 Å². The molecule has 0 amide bonds. The van der Waals surface area contributed by atoms with Crippen molar-refractivity contribution >= 4 is 11.8 Å². The lowest BCUT2D eigenvalue weighted by Crippen LogP contribution is -2.25. The SMILES string of the molecule is CC(C)c1ccc(SCC(C)(C)CN)cc1. The number of thioether (sulfide) groups is 1. The summed E-state index contributed by atoms with van der Waals surface area (Å²) in [6, 6.07) is 8.88. The standard InChI is InChI=1S/C14H23NS/c1-11(2)12-5-7-13(8-6-12)16-10-14(3,4)9-15/h5-8,11H,9-10,15H2,1-4H3. The highest BCUT2D eigenvalue weighted by atomic mass is 32.2. The molecular weight excluding hydrogens is 214 g/mol. The van der Waals surface area contributed by atoms with Crippen molar-refractivity contribution in [2.75, 3.05) is 12.3 Å². The maximum Gasteiger partial charge on any atom is 0.00723 e. The molecule has 0 saturated heterocycles. The molecule has 2 N–H and O–H groups in total. The van der Waals surface area contributed by atoms with E-state index in [1.165, 1.54) is 10.5 Å². The van der Waals surface area contributed by atoms with E-state index >= 15 is 0 Å². The Kier molecular flexibility index (Phi) is 4.88. The zero-order valence-electron chi connectivity index (χ0n) is 10.8. The maximum absolute atomic E-state index is 5.72. The number of hydrogen-bond donors (Lipinski definition) is 1. The highest BCUT2D eigenvalue weighted by Gasteiger charge is 2.15. The molecule has 0 radical (unpaired) electrons. The topological polar surface area (TPSA) is 26.0 Å². The summed E-state index contributed by atoms with van der Waals surface area (Å²) in [5, 5.41) is 0. The van der Waals surface area contributed by atoms with Crippen molar-refractivity contribution in [2.45, 2.75) is 38.5 Å². The van der Waals surface area contributed by atoms with E-state index in [0.29, 0.717) is 5.92 Å². The predicted octanol–water partition coefficient (Wildman–Crippen LogP) is 3.89. The van der Waals surface area contributed by atoms with Crippen molar-refractivity contribution in [1.82, 2.24) is 0 Å². The van der Waals surface area contributed by atoms with Crippen LogP contribution in [0.2, 0.25) is 0 Å². The van der Waals surface area contributed by atoms with E-state index in [-0.39, 0.29) is 5.41 Å². The van der Waals surface area contributed by atoms with Crippen LogP contribution in [-0.2, 0) is 0 Å². The highest BCUT2D eigenvalue weighted by molar-refractivity contribution is 7.99. The first-order valence-corrected chi connectivity index (χ1v) is 6.86. The second kappa shape index (κ2) is 5.74. The van der Waals surface area contributed by atoms with Gasteiger partial charge in [-0.2, -0.15) is 0 Å². The lowest BCUT2D eigenvalue weighted by Gasteiger charge is -2.21. The third-order valence-electron chi connectivity index (χ3n) is 2.73. The van der Waals surface area contributed by atoms with Crippen LogP contribution in [0.15, 0.2) is 29.2 Å². The molecule has 0 heterocycles. The first kappa shape index (κ1) is 13.6. The lowest BCUT2D eigenvalue weighted by molar-refractivity contribution is 0.438. The molecular formula is C14H23NS. The van der Waals surface area contributed by atoms with Crippen LogP contribution in [0.1, 0.15) is 39.2 Å². The number of benzene rings is 1. The zero-order valence-corrected chi connectivity index (χ0v) is 11.6. The quantitative estimate of drug-likeness (QED) is 0.786. The number of rotatable bonds is 5. The normalized spacial score (nSPS) is 12.1. The van der Waals surface area contributed by atoms with Crippen LogP contribution in [0.3, 0.4) is 0 Å².